The van der Waals surface area contributed by atoms with Crippen LogP contribution in [-0.4, -0.2) is 35.3 Å². The van der Waals surface area contributed by atoms with Gasteiger partial charge in [-0.15, -0.1) is 0 Å². The Morgan fingerprint density at radius 3 is 2.64 bits per heavy atom. The Morgan fingerprint density at radius 1 is 1.20 bits per heavy atom. The SMILES string of the molecule is O=C1CC2(CCN(C(=O)c3ccco3)CC2)Oc2c(Cl)cc(Cl)cc21. The zero-order chi connectivity index (χ0) is 17.6. The van der Waals surface area contributed by atoms with Crippen LogP contribution in [0, 0.1) is 0 Å². The molecule has 1 spiro atoms. The summed E-state index contributed by atoms with van der Waals surface area (Å²) in [5.74, 6) is 0.538. The predicted octanol–water partition coefficient (Wildman–Crippen LogP) is 4.23. The van der Waals surface area contributed by atoms with Gasteiger partial charge in [-0.3, -0.25) is 9.59 Å². The van der Waals surface area contributed by atoms with Crippen molar-refractivity contribution in [1.29, 1.82) is 0 Å². The lowest BCUT2D eigenvalue weighted by Crippen LogP contribution is -2.52. The molecule has 0 N–H and O–H groups in total. The highest BCUT2D eigenvalue weighted by Crippen LogP contribution is 2.44. The Kier molecular flexibility index (Phi) is 4.01. The summed E-state index contributed by atoms with van der Waals surface area (Å²) in [4.78, 5) is 26.7. The molecule has 3 heterocycles. The standard InChI is InChI=1S/C18H15Cl2NO4/c19-11-8-12-14(22)10-18(25-16(12)13(20)9-11)3-5-21(6-4-18)17(23)15-2-1-7-24-15/h1-2,7-9H,3-6,10H2. The van der Waals surface area contributed by atoms with E-state index in [2.05, 4.69) is 0 Å². The molecular formula is C18H15Cl2NO4. The third-order valence-electron chi connectivity index (χ3n) is 4.80. The highest BCUT2D eigenvalue weighted by molar-refractivity contribution is 6.36. The number of Topliss-reactive ketones (excluding diaryl/α,β-unsaturated/α-hetero) is 1. The minimum absolute atomic E-state index is 0.0311. The van der Waals surface area contributed by atoms with Gasteiger partial charge in [0.25, 0.3) is 5.91 Å². The van der Waals surface area contributed by atoms with Crippen molar-refractivity contribution in [3.05, 3.63) is 51.9 Å². The van der Waals surface area contributed by atoms with Gasteiger partial charge < -0.3 is 14.1 Å². The number of fused-ring (bicyclic) bond motifs is 1. The summed E-state index contributed by atoms with van der Waals surface area (Å²) in [6.45, 7) is 0.987. The number of nitrogens with zero attached hydrogens (tertiary/aromatic N) is 1. The van der Waals surface area contributed by atoms with Gasteiger partial charge in [0.2, 0.25) is 0 Å². The molecule has 2 aromatic rings. The van der Waals surface area contributed by atoms with Crippen LogP contribution >= 0.6 is 23.2 Å². The second-order valence-corrected chi connectivity index (χ2v) is 7.26. The number of furan rings is 1. The second kappa shape index (κ2) is 6.07. The first-order valence-corrected chi connectivity index (χ1v) is 8.77. The molecule has 4 rings (SSSR count). The van der Waals surface area contributed by atoms with E-state index in [1.807, 2.05) is 0 Å². The molecule has 1 fully saturated rings. The van der Waals surface area contributed by atoms with E-state index in [4.69, 9.17) is 32.4 Å². The number of benzene rings is 1. The molecule has 1 saturated heterocycles. The van der Waals surface area contributed by atoms with Crippen molar-refractivity contribution in [2.75, 3.05) is 13.1 Å². The third-order valence-corrected chi connectivity index (χ3v) is 5.30. The number of carbonyl (C=O) groups excluding carboxylic acids is 2. The topological polar surface area (TPSA) is 59.8 Å². The maximum atomic E-state index is 12.6. The van der Waals surface area contributed by atoms with Crippen LogP contribution in [0.4, 0.5) is 0 Å². The van der Waals surface area contributed by atoms with E-state index in [1.54, 1.807) is 29.2 Å². The molecule has 0 bridgehead atoms. The lowest BCUT2D eigenvalue weighted by Gasteiger charge is -2.44. The van der Waals surface area contributed by atoms with Crippen molar-refractivity contribution in [3.63, 3.8) is 0 Å². The number of hydrogen-bond donors (Lipinski definition) is 0. The fourth-order valence-electron chi connectivity index (χ4n) is 3.46. The van der Waals surface area contributed by atoms with Crippen molar-refractivity contribution in [1.82, 2.24) is 4.90 Å². The minimum atomic E-state index is -0.624. The number of piperidine rings is 1. The zero-order valence-corrected chi connectivity index (χ0v) is 14.8. The largest absolute Gasteiger partial charge is 0.484 e. The summed E-state index contributed by atoms with van der Waals surface area (Å²) < 4.78 is 11.3. The Bertz CT molecular complexity index is 839. The number of amides is 1. The lowest BCUT2D eigenvalue weighted by molar-refractivity contribution is -0.00636. The zero-order valence-electron chi connectivity index (χ0n) is 13.3. The number of likely N-dealkylation sites (tertiary alicyclic amines) is 1. The van der Waals surface area contributed by atoms with Gasteiger partial charge in [0.1, 0.15) is 11.4 Å². The van der Waals surface area contributed by atoms with E-state index in [9.17, 15) is 9.59 Å². The number of hydrogen-bond acceptors (Lipinski definition) is 4. The average molecular weight is 380 g/mol. The fraction of sp³-hybridized carbons (Fsp3) is 0.333. The molecular weight excluding hydrogens is 365 g/mol. The maximum absolute atomic E-state index is 12.6. The molecule has 7 heteroatoms. The van der Waals surface area contributed by atoms with E-state index in [-0.39, 0.29) is 18.1 Å². The van der Waals surface area contributed by atoms with Crippen molar-refractivity contribution in [2.45, 2.75) is 24.9 Å². The van der Waals surface area contributed by atoms with Gasteiger partial charge in [-0.05, 0) is 24.3 Å². The Labute approximate surface area is 154 Å². The van der Waals surface area contributed by atoms with Gasteiger partial charge in [-0.2, -0.15) is 0 Å². The highest BCUT2D eigenvalue weighted by Gasteiger charge is 2.44. The number of carbonyl (C=O) groups is 2. The van der Waals surface area contributed by atoms with Crippen LogP contribution in [0.1, 0.15) is 40.2 Å². The molecule has 130 valence electrons. The number of rotatable bonds is 1. The Balaban J connectivity index is 1.53. The molecule has 0 atom stereocenters. The molecule has 1 aromatic carbocycles. The number of halogens is 2. The van der Waals surface area contributed by atoms with Crippen LogP contribution in [-0.2, 0) is 0 Å². The molecule has 2 aliphatic heterocycles. The molecule has 0 radical (unpaired) electrons. The maximum Gasteiger partial charge on any atom is 0.289 e. The van der Waals surface area contributed by atoms with Crippen molar-refractivity contribution < 1.29 is 18.7 Å². The number of ketones is 1. The molecule has 5 nitrogen and oxygen atoms in total. The monoisotopic (exact) mass is 379 g/mol. The van der Waals surface area contributed by atoms with E-state index >= 15 is 0 Å². The molecule has 0 aliphatic carbocycles. The molecule has 0 saturated carbocycles. The third kappa shape index (κ3) is 2.92. The van der Waals surface area contributed by atoms with Gasteiger partial charge in [-0.25, -0.2) is 0 Å². The van der Waals surface area contributed by atoms with E-state index < -0.39 is 5.60 Å². The predicted molar refractivity (Wildman–Crippen MR) is 92.6 cm³/mol. The van der Waals surface area contributed by atoms with E-state index in [0.29, 0.717) is 53.0 Å². The lowest BCUT2D eigenvalue weighted by atomic mass is 9.82. The Morgan fingerprint density at radius 2 is 1.96 bits per heavy atom. The van der Waals surface area contributed by atoms with Crippen LogP contribution in [0.2, 0.25) is 10.0 Å². The van der Waals surface area contributed by atoms with E-state index in [1.165, 1.54) is 6.26 Å². The minimum Gasteiger partial charge on any atom is -0.484 e. The van der Waals surface area contributed by atoms with E-state index in [0.717, 1.165) is 0 Å². The van der Waals surface area contributed by atoms with Crippen LogP contribution in [0.3, 0.4) is 0 Å². The molecule has 2 aliphatic rings. The van der Waals surface area contributed by atoms with Gasteiger partial charge in [0.15, 0.2) is 11.5 Å². The summed E-state index contributed by atoms with van der Waals surface area (Å²) in [5, 5.41) is 0.750. The van der Waals surface area contributed by atoms with Crippen LogP contribution in [0.25, 0.3) is 0 Å². The van der Waals surface area contributed by atoms with Crippen LogP contribution < -0.4 is 4.74 Å². The van der Waals surface area contributed by atoms with Crippen LogP contribution in [0.15, 0.2) is 34.9 Å². The molecule has 0 unspecified atom stereocenters. The second-order valence-electron chi connectivity index (χ2n) is 6.42. The van der Waals surface area contributed by atoms with Crippen molar-refractivity contribution in [3.8, 4) is 5.75 Å². The molecule has 1 aromatic heterocycles. The van der Waals surface area contributed by atoms with Gasteiger partial charge >= 0.3 is 0 Å². The summed E-state index contributed by atoms with van der Waals surface area (Å²) in [6.07, 6.45) is 2.86. The Hall–Kier alpha value is -1.98. The summed E-state index contributed by atoms with van der Waals surface area (Å²) in [7, 11) is 0. The highest BCUT2D eigenvalue weighted by atomic mass is 35.5. The van der Waals surface area contributed by atoms with Crippen LogP contribution in [0.5, 0.6) is 5.75 Å². The van der Waals surface area contributed by atoms with Crippen molar-refractivity contribution in [2.24, 2.45) is 0 Å². The average Bonchev–Trinajstić information content (AvgIpc) is 3.11. The molecule has 1 amide bonds. The first kappa shape index (κ1) is 16.5. The normalized spacial score (nSPS) is 18.8. The van der Waals surface area contributed by atoms with Gasteiger partial charge in [-0.1, -0.05) is 23.2 Å². The first-order chi connectivity index (χ1) is 12.0. The smallest absolute Gasteiger partial charge is 0.289 e. The van der Waals surface area contributed by atoms with Gasteiger partial charge in [0, 0.05) is 31.0 Å². The summed E-state index contributed by atoms with van der Waals surface area (Å²) in [5.41, 5.74) is -0.196. The summed E-state index contributed by atoms with van der Waals surface area (Å²) in [6, 6.07) is 6.50. The fourth-order valence-corrected chi connectivity index (χ4v) is 4.00. The number of ether oxygens (including phenoxy) is 1. The quantitative estimate of drug-likeness (QED) is 0.743. The molecule has 25 heavy (non-hydrogen) atoms. The summed E-state index contributed by atoms with van der Waals surface area (Å²) >= 11 is 12.2. The van der Waals surface area contributed by atoms with Gasteiger partial charge in [0.05, 0.1) is 23.3 Å². The first-order valence-electron chi connectivity index (χ1n) is 8.01. The van der Waals surface area contributed by atoms with Crippen molar-refractivity contribution >= 4 is 34.9 Å².